The van der Waals surface area contributed by atoms with Gasteiger partial charge >= 0.3 is 6.18 Å². The average molecular weight is 565 g/mol. The minimum atomic E-state index is -4.46. The van der Waals surface area contributed by atoms with Crippen LogP contribution in [0.5, 0.6) is 5.75 Å². The molecule has 1 aliphatic heterocycles. The van der Waals surface area contributed by atoms with Crippen molar-refractivity contribution in [3.05, 3.63) is 48.2 Å². The SMILES string of the molecule is COc1cc(S(C)(=O)=O)ccc1NCC#Cc1cc2c(NC3CCN(C)C[C@@H]3O)cccc2n1CC(F)(F)F. The van der Waals surface area contributed by atoms with Crippen LogP contribution >= 0.6 is 0 Å². The molecular weight excluding hydrogens is 533 g/mol. The number of nitrogens with one attached hydrogen (secondary N) is 2. The summed E-state index contributed by atoms with van der Waals surface area (Å²) in [5, 5.41) is 17.4. The number of nitrogens with zero attached hydrogens (tertiary/aromatic N) is 2. The van der Waals surface area contributed by atoms with E-state index in [1.54, 1.807) is 30.3 Å². The molecule has 2 heterocycles. The highest BCUT2D eigenvalue weighted by Crippen LogP contribution is 2.31. The quantitative estimate of drug-likeness (QED) is 0.378. The first-order valence-corrected chi connectivity index (χ1v) is 14.2. The third-order valence-electron chi connectivity index (χ3n) is 6.59. The molecule has 0 aliphatic carbocycles. The summed E-state index contributed by atoms with van der Waals surface area (Å²) in [5.41, 5.74) is 1.72. The number of fused-ring (bicyclic) bond motifs is 1. The number of aromatic nitrogens is 1. The summed E-state index contributed by atoms with van der Waals surface area (Å²) in [4.78, 5) is 2.13. The monoisotopic (exact) mass is 564 g/mol. The van der Waals surface area contributed by atoms with Gasteiger partial charge in [-0.05, 0) is 56.3 Å². The predicted octanol–water partition coefficient (Wildman–Crippen LogP) is 3.56. The molecule has 0 amide bonds. The molecule has 0 saturated carbocycles. The number of piperidine rings is 1. The second kappa shape index (κ2) is 11.4. The zero-order chi connectivity index (χ0) is 28.4. The number of aliphatic hydroxyl groups is 1. The second-order valence-electron chi connectivity index (χ2n) is 9.63. The topological polar surface area (TPSA) is 95.8 Å². The maximum Gasteiger partial charge on any atom is 0.406 e. The molecule has 0 spiro atoms. The van der Waals surface area contributed by atoms with Crippen molar-refractivity contribution in [3.63, 3.8) is 0 Å². The van der Waals surface area contributed by atoms with Gasteiger partial charge in [0, 0.05) is 29.9 Å². The van der Waals surface area contributed by atoms with Crippen LogP contribution in [0, 0.1) is 11.8 Å². The Bertz CT molecular complexity index is 1510. The highest BCUT2D eigenvalue weighted by Gasteiger charge is 2.30. The molecule has 12 heteroatoms. The molecule has 0 bridgehead atoms. The van der Waals surface area contributed by atoms with Gasteiger partial charge in [-0.25, -0.2) is 8.42 Å². The number of aliphatic hydroxyl groups excluding tert-OH is 1. The van der Waals surface area contributed by atoms with Crippen LogP contribution in [0.15, 0.2) is 47.4 Å². The number of hydrogen-bond acceptors (Lipinski definition) is 7. The molecule has 1 saturated heterocycles. The Morgan fingerprint density at radius 1 is 1.18 bits per heavy atom. The number of likely N-dealkylation sites (tertiary alicyclic amines) is 1. The van der Waals surface area contributed by atoms with Crippen LogP contribution in [0.3, 0.4) is 0 Å². The van der Waals surface area contributed by atoms with Crippen LogP contribution in [-0.4, -0.2) is 81.4 Å². The summed E-state index contributed by atoms with van der Waals surface area (Å²) in [6.07, 6.45) is -3.27. The molecule has 2 aromatic carbocycles. The normalized spacial score (nSPS) is 18.4. The van der Waals surface area contributed by atoms with Crippen molar-refractivity contribution in [2.24, 2.45) is 0 Å². The van der Waals surface area contributed by atoms with Crippen LogP contribution in [0.2, 0.25) is 0 Å². The van der Waals surface area contributed by atoms with E-state index in [9.17, 15) is 26.7 Å². The fraction of sp³-hybridized carbons (Fsp3) is 0.407. The lowest BCUT2D eigenvalue weighted by Gasteiger charge is -2.34. The van der Waals surface area contributed by atoms with Crippen LogP contribution in [0.25, 0.3) is 10.9 Å². The third-order valence-corrected chi connectivity index (χ3v) is 7.70. The Morgan fingerprint density at radius 3 is 2.62 bits per heavy atom. The van der Waals surface area contributed by atoms with Crippen LogP contribution in [0.1, 0.15) is 12.1 Å². The summed E-state index contributed by atoms with van der Waals surface area (Å²) in [7, 11) is -0.0809. The van der Waals surface area contributed by atoms with E-state index in [-0.39, 0.29) is 23.2 Å². The summed E-state index contributed by atoms with van der Waals surface area (Å²) < 4.78 is 70.5. The second-order valence-corrected chi connectivity index (χ2v) is 11.6. The molecule has 3 aromatic rings. The van der Waals surface area contributed by atoms with Gasteiger partial charge in [-0.2, -0.15) is 13.2 Å². The van der Waals surface area contributed by atoms with Crippen molar-refractivity contribution in [1.29, 1.82) is 0 Å². The van der Waals surface area contributed by atoms with E-state index in [4.69, 9.17) is 4.74 Å². The number of likely N-dealkylation sites (N-methyl/N-ethyl adjacent to an activating group) is 1. The van der Waals surface area contributed by atoms with Gasteiger partial charge in [0.25, 0.3) is 0 Å². The minimum absolute atomic E-state index is 0.0784. The summed E-state index contributed by atoms with van der Waals surface area (Å²) >= 11 is 0. The van der Waals surface area contributed by atoms with E-state index in [0.717, 1.165) is 17.4 Å². The lowest BCUT2D eigenvalue weighted by Crippen LogP contribution is -2.48. The molecule has 2 atom stereocenters. The van der Waals surface area contributed by atoms with Gasteiger partial charge in [-0.15, -0.1) is 0 Å². The molecule has 1 aromatic heterocycles. The fourth-order valence-corrected chi connectivity index (χ4v) is 5.28. The summed E-state index contributed by atoms with van der Waals surface area (Å²) in [6.45, 7) is 0.184. The van der Waals surface area contributed by atoms with Crippen molar-refractivity contribution >= 4 is 32.1 Å². The number of benzene rings is 2. The molecule has 1 aliphatic rings. The van der Waals surface area contributed by atoms with Crippen LogP contribution in [0.4, 0.5) is 24.5 Å². The smallest absolute Gasteiger partial charge is 0.406 e. The summed E-state index contributed by atoms with van der Waals surface area (Å²) in [5.74, 6) is 6.00. The van der Waals surface area contributed by atoms with E-state index >= 15 is 0 Å². The number of sulfone groups is 1. The highest BCUT2D eigenvalue weighted by atomic mass is 32.2. The predicted molar refractivity (Wildman–Crippen MR) is 145 cm³/mol. The van der Waals surface area contributed by atoms with Gasteiger partial charge in [0.1, 0.15) is 12.3 Å². The summed E-state index contributed by atoms with van der Waals surface area (Å²) in [6, 6.07) is 10.9. The highest BCUT2D eigenvalue weighted by molar-refractivity contribution is 7.90. The van der Waals surface area contributed by atoms with Gasteiger partial charge in [-0.3, -0.25) is 0 Å². The maximum atomic E-state index is 13.5. The Balaban J connectivity index is 1.61. The molecule has 0 radical (unpaired) electrons. The molecule has 1 unspecified atom stereocenters. The van der Waals surface area contributed by atoms with Crippen LogP contribution < -0.4 is 15.4 Å². The number of alkyl halides is 3. The number of hydrogen-bond donors (Lipinski definition) is 3. The van der Waals surface area contributed by atoms with E-state index in [1.165, 1.54) is 19.2 Å². The Labute approximate surface area is 225 Å². The van der Waals surface area contributed by atoms with E-state index in [0.29, 0.717) is 41.0 Å². The lowest BCUT2D eigenvalue weighted by atomic mass is 10.0. The van der Waals surface area contributed by atoms with Crippen LogP contribution in [-0.2, 0) is 16.4 Å². The third kappa shape index (κ3) is 6.98. The van der Waals surface area contributed by atoms with E-state index in [2.05, 4.69) is 22.5 Å². The average Bonchev–Trinajstić information content (AvgIpc) is 3.19. The van der Waals surface area contributed by atoms with Crippen molar-refractivity contribution in [2.45, 2.75) is 36.2 Å². The number of methoxy groups -OCH3 is 1. The van der Waals surface area contributed by atoms with Crippen molar-refractivity contribution in [1.82, 2.24) is 9.47 Å². The first kappa shape index (κ1) is 28.6. The standard InChI is InChI=1S/C27H31F3N4O4S/c1-33-13-11-22(25(35)16-33)32-21-7-4-8-24-20(21)14-18(34(24)17-27(28,29)30)6-5-12-31-23-10-9-19(39(3,36)37)15-26(23)38-2/h4,7-10,14-15,22,25,31-32,35H,11-13,16-17H2,1-3H3/t22?,25-/m0/s1. The Hall–Kier alpha value is -3.40. The van der Waals surface area contributed by atoms with Gasteiger partial charge in [0.15, 0.2) is 9.84 Å². The van der Waals surface area contributed by atoms with Crippen molar-refractivity contribution in [3.8, 4) is 17.6 Å². The first-order chi connectivity index (χ1) is 18.4. The Morgan fingerprint density at radius 2 is 1.95 bits per heavy atom. The molecule has 8 nitrogen and oxygen atoms in total. The van der Waals surface area contributed by atoms with Crippen molar-refractivity contribution in [2.75, 3.05) is 50.7 Å². The lowest BCUT2D eigenvalue weighted by molar-refractivity contribution is -0.140. The van der Waals surface area contributed by atoms with Crippen molar-refractivity contribution < 1.29 is 31.4 Å². The van der Waals surface area contributed by atoms with E-state index < -0.39 is 28.7 Å². The minimum Gasteiger partial charge on any atom is -0.495 e. The van der Waals surface area contributed by atoms with Gasteiger partial charge < -0.3 is 29.9 Å². The number of ether oxygens (including phenoxy) is 1. The number of rotatable bonds is 7. The van der Waals surface area contributed by atoms with Gasteiger partial charge in [-0.1, -0.05) is 12.0 Å². The van der Waals surface area contributed by atoms with Gasteiger partial charge in [0.2, 0.25) is 0 Å². The molecular formula is C27H31F3N4O4S. The largest absolute Gasteiger partial charge is 0.495 e. The number of anilines is 2. The molecule has 39 heavy (non-hydrogen) atoms. The fourth-order valence-electron chi connectivity index (χ4n) is 4.64. The molecule has 3 N–H and O–H groups in total. The zero-order valence-corrected chi connectivity index (χ0v) is 22.7. The first-order valence-electron chi connectivity index (χ1n) is 12.3. The number of halogens is 3. The van der Waals surface area contributed by atoms with Gasteiger partial charge in [0.05, 0.1) is 47.6 Å². The maximum absolute atomic E-state index is 13.5. The molecule has 210 valence electrons. The Kier molecular flexibility index (Phi) is 8.34. The number of β-amino-alcohol motifs (C(OH)–C–C–N with tert-alkyl or cyclic N) is 1. The molecule has 4 rings (SSSR count). The zero-order valence-electron chi connectivity index (χ0n) is 21.8. The molecule has 1 fully saturated rings. The van der Waals surface area contributed by atoms with E-state index in [1.807, 2.05) is 11.9 Å².